The maximum Gasteiger partial charge on any atom is 0 e. The van der Waals surface area contributed by atoms with Crippen LogP contribution in [0.25, 0.3) is 0 Å². The fourth-order valence-electron chi connectivity index (χ4n) is 0. The van der Waals surface area contributed by atoms with E-state index < -0.39 is 0 Å². The van der Waals surface area contributed by atoms with E-state index >= 15 is 0 Å². The Bertz CT molecular complexity index is 32.4. The van der Waals surface area contributed by atoms with Gasteiger partial charge in [-0.05, 0) is 5.92 Å². The summed E-state index contributed by atoms with van der Waals surface area (Å²) in [6.07, 6.45) is 3.81. The van der Waals surface area contributed by atoms with E-state index in [-0.39, 0.29) is 1.43 Å². The molecule has 0 fully saturated rings. The molecule has 0 spiro atoms. The van der Waals surface area contributed by atoms with Gasteiger partial charge in [0, 0.05) is 1.43 Å². The first kappa shape index (κ1) is 29.4. The standard InChI is InChI=1S/C5H12.2C3H8.2C2H6.H2/c1-4-5(2)3;2*1-3-2;2*1-2;/h5H,4H2,1-3H3;2*3H2,1-2H3;2*1-2H3;1H. The van der Waals surface area contributed by atoms with E-state index in [1.54, 1.807) is 0 Å². The molecule has 0 heterocycles. The van der Waals surface area contributed by atoms with Crippen molar-refractivity contribution < 1.29 is 1.43 Å². The van der Waals surface area contributed by atoms with Gasteiger partial charge in [0.15, 0.2) is 0 Å². The molecule has 0 aliphatic rings. The van der Waals surface area contributed by atoms with Crippen molar-refractivity contribution in [2.75, 3.05) is 0 Å². The minimum Gasteiger partial charge on any atom is -0.0683 e. The van der Waals surface area contributed by atoms with E-state index in [2.05, 4.69) is 48.5 Å². The molecule has 0 aromatic carbocycles. The lowest BCUT2D eigenvalue weighted by molar-refractivity contribution is 0.626. The van der Waals surface area contributed by atoms with Gasteiger partial charge in [-0.1, -0.05) is 95.4 Å². The molecule has 15 heavy (non-hydrogen) atoms. The average molecular weight is 223 g/mol. The zero-order valence-electron chi connectivity index (χ0n) is 13.7. The molecule has 0 nitrogen and oxygen atoms in total. The maximum atomic E-state index is 2.22. The summed E-state index contributed by atoms with van der Waals surface area (Å²) in [5.41, 5.74) is 0. The Hall–Kier alpha value is 0. The Labute approximate surface area is 103 Å². The van der Waals surface area contributed by atoms with E-state index in [0.29, 0.717) is 0 Å². The van der Waals surface area contributed by atoms with Crippen molar-refractivity contribution in [3.05, 3.63) is 0 Å². The summed E-state index contributed by atoms with van der Waals surface area (Å²) in [4.78, 5) is 0. The Morgan fingerprint density at radius 3 is 0.733 bits per heavy atom. The second kappa shape index (κ2) is 65.7. The van der Waals surface area contributed by atoms with Gasteiger partial charge in [0.1, 0.15) is 0 Å². The summed E-state index contributed by atoms with van der Waals surface area (Å²) in [5.74, 6) is 0.884. The molecule has 0 aliphatic carbocycles. The molecular formula is C15H42. The van der Waals surface area contributed by atoms with Crippen LogP contribution in [0.1, 0.15) is 96.9 Å². The quantitative estimate of drug-likeness (QED) is 0.440. The predicted octanol–water partition coefficient (Wildman–Crippen LogP) is 7.18. The zero-order chi connectivity index (χ0) is 13.7. The van der Waals surface area contributed by atoms with E-state index in [4.69, 9.17) is 0 Å². The molecule has 0 rings (SSSR count). The van der Waals surface area contributed by atoms with Crippen molar-refractivity contribution in [2.45, 2.75) is 95.4 Å². The van der Waals surface area contributed by atoms with E-state index in [0.717, 1.165) is 5.92 Å². The second-order valence-electron chi connectivity index (χ2n) is 3.22. The van der Waals surface area contributed by atoms with Gasteiger partial charge in [-0.2, -0.15) is 0 Å². The van der Waals surface area contributed by atoms with E-state index in [9.17, 15) is 0 Å². The number of hydrogen-bond acceptors (Lipinski definition) is 0. The van der Waals surface area contributed by atoms with Crippen LogP contribution in [0.3, 0.4) is 0 Å². The van der Waals surface area contributed by atoms with Gasteiger partial charge in [-0.25, -0.2) is 0 Å². The highest BCUT2D eigenvalue weighted by Gasteiger charge is 1.80. The van der Waals surface area contributed by atoms with Crippen LogP contribution in [0.4, 0.5) is 0 Å². The summed E-state index contributed by atoms with van der Waals surface area (Å²) in [5, 5.41) is 0. The second-order valence-corrected chi connectivity index (χ2v) is 3.22. The Kier molecular flexibility index (Phi) is 129. The highest BCUT2D eigenvalue weighted by atomic mass is 13.9. The van der Waals surface area contributed by atoms with Gasteiger partial charge in [-0.3, -0.25) is 0 Å². The lowest BCUT2D eigenvalue weighted by Crippen LogP contribution is -1.77. The molecule has 0 bridgehead atoms. The van der Waals surface area contributed by atoms with Crippen LogP contribution in [0.15, 0.2) is 0 Å². The van der Waals surface area contributed by atoms with Gasteiger partial charge >= 0.3 is 0 Å². The van der Waals surface area contributed by atoms with Crippen molar-refractivity contribution in [3.8, 4) is 0 Å². The molecule has 102 valence electrons. The Balaban J connectivity index is -0.0000000204. The molecule has 0 saturated carbocycles. The largest absolute Gasteiger partial charge is 0.0683 e. The molecule has 0 aromatic rings. The third kappa shape index (κ3) is 504. The highest BCUT2D eigenvalue weighted by molar-refractivity contribution is 4.32. The summed E-state index contributed by atoms with van der Waals surface area (Å²) < 4.78 is 0. The maximum absolute atomic E-state index is 2.22. The summed E-state index contributed by atoms with van der Waals surface area (Å²) in [6, 6.07) is 0. The van der Waals surface area contributed by atoms with Crippen LogP contribution in [0.5, 0.6) is 0 Å². The average Bonchev–Trinajstić information content (AvgIpc) is 2.26. The number of rotatable bonds is 1. The van der Waals surface area contributed by atoms with Gasteiger partial charge in [0.05, 0.1) is 0 Å². The number of hydrogen-bond donors (Lipinski definition) is 0. The zero-order valence-corrected chi connectivity index (χ0v) is 13.7. The Morgan fingerprint density at radius 2 is 0.733 bits per heavy atom. The molecule has 0 aromatic heterocycles. The van der Waals surface area contributed by atoms with Crippen molar-refractivity contribution >= 4 is 0 Å². The van der Waals surface area contributed by atoms with Gasteiger partial charge < -0.3 is 0 Å². The van der Waals surface area contributed by atoms with Crippen LogP contribution < -0.4 is 0 Å². The molecule has 0 amide bonds. The molecule has 0 atom stereocenters. The van der Waals surface area contributed by atoms with Gasteiger partial charge in [0.2, 0.25) is 0 Å². The molecule has 0 heteroatoms. The van der Waals surface area contributed by atoms with E-state index in [1.807, 2.05) is 27.7 Å². The highest BCUT2D eigenvalue weighted by Crippen LogP contribution is 1.93. The van der Waals surface area contributed by atoms with Crippen LogP contribution in [0, 0.1) is 5.92 Å². The molecule has 0 saturated heterocycles. The fraction of sp³-hybridized carbons (Fsp3) is 1.00. The van der Waals surface area contributed by atoms with Crippen molar-refractivity contribution in [1.29, 1.82) is 0 Å². The smallest absolute Gasteiger partial charge is 0 e. The van der Waals surface area contributed by atoms with Crippen molar-refractivity contribution in [2.24, 2.45) is 5.92 Å². The van der Waals surface area contributed by atoms with Crippen LogP contribution in [-0.4, -0.2) is 0 Å². The third-order valence-electron chi connectivity index (χ3n) is 0.816. The van der Waals surface area contributed by atoms with Gasteiger partial charge in [0.25, 0.3) is 0 Å². The normalized spacial score (nSPS) is 6.40. The first-order valence-corrected chi connectivity index (χ1v) is 7.10. The monoisotopic (exact) mass is 222 g/mol. The van der Waals surface area contributed by atoms with Crippen LogP contribution in [-0.2, 0) is 0 Å². The van der Waals surface area contributed by atoms with Crippen LogP contribution >= 0.6 is 0 Å². The molecule has 0 N–H and O–H groups in total. The van der Waals surface area contributed by atoms with Crippen LogP contribution in [0.2, 0.25) is 0 Å². The first-order valence-electron chi connectivity index (χ1n) is 7.10. The summed E-state index contributed by atoms with van der Waals surface area (Å²) in [7, 11) is 0. The SMILES string of the molecule is CC.CC.CCC.CCC.CCC(C)C.[HH]. The lowest BCUT2D eigenvalue weighted by atomic mass is 10.2. The lowest BCUT2D eigenvalue weighted by Gasteiger charge is -1.90. The van der Waals surface area contributed by atoms with Crippen molar-refractivity contribution in [1.82, 2.24) is 0 Å². The molecule has 0 aliphatic heterocycles. The van der Waals surface area contributed by atoms with Gasteiger partial charge in [-0.15, -0.1) is 0 Å². The minimum absolute atomic E-state index is 0. The Morgan fingerprint density at radius 1 is 0.667 bits per heavy atom. The third-order valence-corrected chi connectivity index (χ3v) is 0.816. The van der Waals surface area contributed by atoms with E-state index in [1.165, 1.54) is 19.3 Å². The fourth-order valence-corrected chi connectivity index (χ4v) is 0. The summed E-state index contributed by atoms with van der Waals surface area (Å²) >= 11 is 0. The topological polar surface area (TPSA) is 0 Å². The summed E-state index contributed by atoms with van der Waals surface area (Å²) in [6.45, 7) is 23.1. The van der Waals surface area contributed by atoms with Crippen molar-refractivity contribution in [3.63, 3.8) is 0 Å². The predicted molar refractivity (Wildman–Crippen MR) is 81.9 cm³/mol. The molecule has 0 radical (unpaired) electrons. The first-order chi connectivity index (χ1) is 7.10. The molecule has 0 unspecified atom stereocenters. The molecular weight excluding hydrogens is 180 g/mol. The minimum atomic E-state index is 0.